The van der Waals surface area contributed by atoms with E-state index >= 15 is 0 Å². The lowest BCUT2D eigenvalue weighted by Gasteiger charge is -2.30. The molecule has 5 nitrogen and oxygen atoms in total. The lowest BCUT2D eigenvalue weighted by Crippen LogP contribution is -2.42. The summed E-state index contributed by atoms with van der Waals surface area (Å²) in [4.78, 5) is 6.51. The normalized spacial score (nSPS) is 20.6. The van der Waals surface area contributed by atoms with Crippen molar-refractivity contribution in [1.82, 2.24) is 14.5 Å². The van der Waals surface area contributed by atoms with Gasteiger partial charge in [0.1, 0.15) is 5.82 Å². The second kappa shape index (κ2) is 5.45. The monoisotopic (exact) mass is 390 g/mol. The molecule has 0 radical (unpaired) electrons. The molecule has 7 heteroatoms. The van der Waals surface area contributed by atoms with Gasteiger partial charge in [0.05, 0.1) is 33.9 Å². The van der Waals surface area contributed by atoms with Crippen molar-refractivity contribution in [3.05, 3.63) is 21.5 Å². The van der Waals surface area contributed by atoms with Crippen molar-refractivity contribution in [1.29, 1.82) is 0 Å². The highest BCUT2D eigenvalue weighted by Crippen LogP contribution is 2.23. The highest BCUT2D eigenvalue weighted by Gasteiger charge is 2.21. The summed E-state index contributed by atoms with van der Waals surface area (Å²) in [6, 6.07) is 3.21. The number of hydrogen-bond acceptors (Lipinski definition) is 4. The van der Waals surface area contributed by atoms with Gasteiger partial charge in [0, 0.05) is 19.2 Å². The predicted molar refractivity (Wildman–Crippen MR) is 84.1 cm³/mol. The van der Waals surface area contributed by atoms with E-state index in [4.69, 9.17) is 10.5 Å². The number of aromatic nitrogens is 2. The van der Waals surface area contributed by atoms with Crippen LogP contribution in [-0.2, 0) is 11.3 Å². The summed E-state index contributed by atoms with van der Waals surface area (Å²) in [6.07, 6.45) is 0.0517. The summed E-state index contributed by atoms with van der Waals surface area (Å²) in [5.74, 6) is 0.152. The summed E-state index contributed by atoms with van der Waals surface area (Å²) in [7, 11) is 2.06. The number of benzene rings is 1. The summed E-state index contributed by atoms with van der Waals surface area (Å²) in [5, 5.41) is 0. The topological polar surface area (TPSA) is 56.3 Å². The molecule has 1 saturated heterocycles. The molecule has 108 valence electrons. The fraction of sp³-hybridized carbons (Fsp3) is 0.462. The average Bonchev–Trinajstić information content (AvgIpc) is 2.67. The van der Waals surface area contributed by atoms with E-state index in [0.717, 1.165) is 24.1 Å². The van der Waals surface area contributed by atoms with E-state index in [1.165, 1.54) is 6.07 Å². The fourth-order valence-corrected chi connectivity index (χ4v) is 2.96. The van der Waals surface area contributed by atoms with E-state index < -0.39 is 0 Å². The Balaban J connectivity index is 1.94. The van der Waals surface area contributed by atoms with Crippen LogP contribution in [0.25, 0.3) is 11.0 Å². The van der Waals surface area contributed by atoms with Gasteiger partial charge in [-0.15, -0.1) is 0 Å². The minimum atomic E-state index is -0.249. The van der Waals surface area contributed by atoms with Crippen molar-refractivity contribution in [2.75, 3.05) is 32.5 Å². The highest BCUT2D eigenvalue weighted by molar-refractivity contribution is 14.1. The van der Waals surface area contributed by atoms with Gasteiger partial charge in [-0.25, -0.2) is 9.37 Å². The summed E-state index contributed by atoms with van der Waals surface area (Å²) in [5.41, 5.74) is 7.40. The third-order valence-corrected chi connectivity index (χ3v) is 4.37. The SMILES string of the molecule is CN1CCOC(Cn2c(N)nc3cc(I)c(F)cc32)C1. The van der Waals surface area contributed by atoms with E-state index in [1.807, 2.05) is 27.2 Å². The number of nitrogens with two attached hydrogens (primary N) is 1. The highest BCUT2D eigenvalue weighted by atomic mass is 127. The fourth-order valence-electron chi connectivity index (χ4n) is 2.51. The van der Waals surface area contributed by atoms with Gasteiger partial charge in [0.15, 0.2) is 0 Å². The van der Waals surface area contributed by atoms with Gasteiger partial charge < -0.3 is 19.9 Å². The van der Waals surface area contributed by atoms with Gasteiger partial charge in [-0.1, -0.05) is 0 Å². The van der Waals surface area contributed by atoms with Crippen molar-refractivity contribution in [3.8, 4) is 0 Å². The number of fused-ring (bicyclic) bond motifs is 1. The molecule has 1 atom stereocenters. The minimum Gasteiger partial charge on any atom is -0.374 e. The van der Waals surface area contributed by atoms with Gasteiger partial charge in [-0.2, -0.15) is 0 Å². The quantitative estimate of drug-likeness (QED) is 0.794. The first kappa shape index (κ1) is 14.0. The first-order valence-corrected chi connectivity index (χ1v) is 7.53. The van der Waals surface area contributed by atoms with Gasteiger partial charge in [0.25, 0.3) is 0 Å². The summed E-state index contributed by atoms with van der Waals surface area (Å²) < 4.78 is 21.9. The minimum absolute atomic E-state index is 0.0517. The van der Waals surface area contributed by atoms with Gasteiger partial charge in [-0.05, 0) is 35.7 Å². The van der Waals surface area contributed by atoms with Gasteiger partial charge >= 0.3 is 0 Å². The van der Waals surface area contributed by atoms with E-state index in [9.17, 15) is 4.39 Å². The molecular weight excluding hydrogens is 374 g/mol. The molecule has 1 aromatic carbocycles. The van der Waals surface area contributed by atoms with Crippen LogP contribution in [0.5, 0.6) is 0 Å². The Kier molecular flexibility index (Phi) is 3.83. The first-order valence-electron chi connectivity index (χ1n) is 6.45. The number of nitrogens with zero attached hydrogens (tertiary/aromatic N) is 3. The number of anilines is 1. The third-order valence-electron chi connectivity index (χ3n) is 3.55. The Morgan fingerprint density at radius 1 is 1.55 bits per heavy atom. The average molecular weight is 390 g/mol. The number of ether oxygens (including phenoxy) is 1. The molecule has 0 spiro atoms. The molecule has 20 heavy (non-hydrogen) atoms. The van der Waals surface area contributed by atoms with Crippen molar-refractivity contribution in [2.45, 2.75) is 12.6 Å². The molecule has 0 saturated carbocycles. The predicted octanol–water partition coefficient (Wildman–Crippen LogP) is 1.69. The number of nitrogen functional groups attached to an aromatic ring is 1. The second-order valence-electron chi connectivity index (χ2n) is 5.09. The molecule has 2 aromatic rings. The molecule has 3 rings (SSSR count). The zero-order chi connectivity index (χ0) is 14.3. The number of rotatable bonds is 2. The Morgan fingerprint density at radius 3 is 3.10 bits per heavy atom. The van der Waals surface area contributed by atoms with E-state index in [0.29, 0.717) is 22.7 Å². The molecule has 0 bridgehead atoms. The maximum absolute atomic E-state index is 13.7. The van der Waals surface area contributed by atoms with Crippen LogP contribution < -0.4 is 5.73 Å². The number of halogens is 2. The number of likely N-dealkylation sites (N-methyl/N-ethyl adjacent to an activating group) is 1. The number of hydrogen-bond donors (Lipinski definition) is 1. The molecule has 1 fully saturated rings. The third kappa shape index (κ3) is 2.61. The Bertz CT molecular complexity index is 645. The summed E-state index contributed by atoms with van der Waals surface area (Å²) in [6.45, 7) is 3.07. The Morgan fingerprint density at radius 2 is 2.35 bits per heavy atom. The second-order valence-corrected chi connectivity index (χ2v) is 6.25. The lowest BCUT2D eigenvalue weighted by atomic mass is 10.2. The van der Waals surface area contributed by atoms with E-state index in [-0.39, 0.29) is 11.9 Å². The van der Waals surface area contributed by atoms with E-state index in [2.05, 4.69) is 16.9 Å². The largest absolute Gasteiger partial charge is 0.374 e. The lowest BCUT2D eigenvalue weighted by molar-refractivity contribution is -0.0267. The Hall–Kier alpha value is -0.930. The molecule has 1 unspecified atom stereocenters. The number of morpholine rings is 1. The van der Waals surface area contributed by atoms with Gasteiger partial charge in [-0.3, -0.25) is 0 Å². The molecule has 2 heterocycles. The maximum Gasteiger partial charge on any atom is 0.201 e. The molecule has 1 aromatic heterocycles. The maximum atomic E-state index is 13.7. The zero-order valence-electron chi connectivity index (χ0n) is 11.1. The molecular formula is C13H16FIN4O. The van der Waals surface area contributed by atoms with Crippen molar-refractivity contribution in [2.24, 2.45) is 0 Å². The molecule has 1 aliphatic heterocycles. The van der Waals surface area contributed by atoms with Crippen LogP contribution in [0.2, 0.25) is 0 Å². The van der Waals surface area contributed by atoms with Crippen LogP contribution >= 0.6 is 22.6 Å². The van der Waals surface area contributed by atoms with Crippen LogP contribution in [0.4, 0.5) is 10.3 Å². The smallest absolute Gasteiger partial charge is 0.201 e. The van der Waals surface area contributed by atoms with Crippen LogP contribution in [0.1, 0.15) is 0 Å². The van der Waals surface area contributed by atoms with Crippen molar-refractivity contribution in [3.63, 3.8) is 0 Å². The van der Waals surface area contributed by atoms with Crippen LogP contribution in [0.3, 0.4) is 0 Å². The number of imidazole rings is 1. The molecule has 2 N–H and O–H groups in total. The van der Waals surface area contributed by atoms with Crippen molar-refractivity contribution >= 4 is 39.6 Å². The van der Waals surface area contributed by atoms with Gasteiger partial charge in [0.2, 0.25) is 5.95 Å². The molecule has 0 aliphatic carbocycles. The van der Waals surface area contributed by atoms with Crippen LogP contribution in [0, 0.1) is 9.39 Å². The van der Waals surface area contributed by atoms with Crippen LogP contribution in [-0.4, -0.2) is 47.3 Å². The van der Waals surface area contributed by atoms with Crippen LogP contribution in [0.15, 0.2) is 12.1 Å². The van der Waals surface area contributed by atoms with Crippen molar-refractivity contribution < 1.29 is 9.13 Å². The first-order chi connectivity index (χ1) is 9.54. The molecule has 1 aliphatic rings. The zero-order valence-corrected chi connectivity index (χ0v) is 13.3. The Labute approximate surface area is 130 Å². The molecule has 0 amide bonds. The summed E-state index contributed by atoms with van der Waals surface area (Å²) >= 11 is 1.95. The standard InChI is InChI=1S/C13H16FIN4O/c1-18-2-3-20-8(6-18)7-19-12-4-9(14)10(15)5-11(12)17-13(19)16/h4-5,8H,2-3,6-7H2,1H3,(H2,16,17). The van der Waals surface area contributed by atoms with E-state index in [1.54, 1.807) is 6.07 Å².